The fraction of sp³-hybridized carbons (Fsp3) is 0.538. The predicted molar refractivity (Wildman–Crippen MR) is 66.4 cm³/mol. The molecule has 0 bridgehead atoms. The van der Waals surface area contributed by atoms with Crippen LogP contribution in [0.5, 0.6) is 0 Å². The van der Waals surface area contributed by atoms with Crippen LogP contribution >= 0.6 is 0 Å². The Balaban J connectivity index is 2.69. The van der Waals surface area contributed by atoms with Crippen LogP contribution in [0.4, 0.5) is 0 Å². The van der Waals surface area contributed by atoms with Gasteiger partial charge >= 0.3 is 5.97 Å². The van der Waals surface area contributed by atoms with Crippen molar-refractivity contribution in [1.29, 1.82) is 0 Å². The van der Waals surface area contributed by atoms with Crippen molar-refractivity contribution in [3.05, 3.63) is 23.7 Å². The molecule has 5 heteroatoms. The summed E-state index contributed by atoms with van der Waals surface area (Å²) in [6.45, 7) is 5.73. The SMILES string of the molecule is CCc1ccc(C(=O)N[C@H](CC(C)C)C(=O)O)o1. The van der Waals surface area contributed by atoms with E-state index in [-0.39, 0.29) is 11.7 Å². The molecule has 5 nitrogen and oxygen atoms in total. The highest BCUT2D eigenvalue weighted by atomic mass is 16.4. The summed E-state index contributed by atoms with van der Waals surface area (Å²) in [6.07, 6.45) is 1.09. The predicted octanol–water partition coefficient (Wildman–Crippen LogP) is 2.07. The first-order valence-corrected chi connectivity index (χ1v) is 6.06. The minimum absolute atomic E-state index is 0.154. The van der Waals surface area contributed by atoms with Crippen molar-refractivity contribution in [3.8, 4) is 0 Å². The third-order valence-corrected chi connectivity index (χ3v) is 2.54. The maximum Gasteiger partial charge on any atom is 0.326 e. The second-order valence-corrected chi connectivity index (χ2v) is 4.61. The monoisotopic (exact) mass is 253 g/mol. The highest BCUT2D eigenvalue weighted by Gasteiger charge is 2.23. The van der Waals surface area contributed by atoms with Gasteiger partial charge < -0.3 is 14.8 Å². The molecule has 18 heavy (non-hydrogen) atoms. The van der Waals surface area contributed by atoms with E-state index < -0.39 is 17.9 Å². The van der Waals surface area contributed by atoms with E-state index in [1.165, 1.54) is 0 Å². The van der Waals surface area contributed by atoms with Gasteiger partial charge in [-0.1, -0.05) is 20.8 Å². The molecule has 1 aromatic heterocycles. The van der Waals surface area contributed by atoms with Gasteiger partial charge in [0, 0.05) is 6.42 Å². The summed E-state index contributed by atoms with van der Waals surface area (Å²) in [6, 6.07) is 2.39. The number of carboxylic acid groups (broad SMARTS) is 1. The molecule has 0 saturated heterocycles. The highest BCUT2D eigenvalue weighted by molar-refractivity contribution is 5.94. The number of rotatable bonds is 6. The number of aryl methyl sites for hydroxylation is 1. The van der Waals surface area contributed by atoms with Crippen molar-refractivity contribution in [3.63, 3.8) is 0 Å². The van der Waals surface area contributed by atoms with Crippen LogP contribution < -0.4 is 5.32 Å². The first-order valence-electron chi connectivity index (χ1n) is 6.06. The van der Waals surface area contributed by atoms with Gasteiger partial charge in [-0.2, -0.15) is 0 Å². The first kappa shape index (κ1) is 14.3. The smallest absolute Gasteiger partial charge is 0.326 e. The number of carbonyl (C=O) groups excluding carboxylic acids is 1. The normalized spacial score (nSPS) is 12.4. The Hall–Kier alpha value is -1.78. The lowest BCUT2D eigenvalue weighted by molar-refractivity contribution is -0.139. The fourth-order valence-electron chi connectivity index (χ4n) is 1.61. The average Bonchev–Trinajstić information content (AvgIpc) is 2.75. The Morgan fingerprint density at radius 3 is 2.50 bits per heavy atom. The molecule has 0 unspecified atom stereocenters. The second kappa shape index (κ2) is 6.23. The van der Waals surface area contributed by atoms with E-state index in [0.29, 0.717) is 18.6 Å². The Morgan fingerprint density at radius 2 is 2.06 bits per heavy atom. The van der Waals surface area contributed by atoms with Crippen LogP contribution in [0.1, 0.15) is 43.5 Å². The zero-order valence-electron chi connectivity index (χ0n) is 10.9. The van der Waals surface area contributed by atoms with Crippen molar-refractivity contribution in [1.82, 2.24) is 5.32 Å². The quantitative estimate of drug-likeness (QED) is 0.813. The van der Waals surface area contributed by atoms with Gasteiger partial charge in [0.15, 0.2) is 5.76 Å². The molecular formula is C13H19NO4. The van der Waals surface area contributed by atoms with E-state index >= 15 is 0 Å². The Morgan fingerprint density at radius 1 is 1.39 bits per heavy atom. The molecule has 100 valence electrons. The standard InChI is InChI=1S/C13H19NO4/c1-4-9-5-6-11(18-9)12(15)14-10(13(16)17)7-8(2)3/h5-6,8,10H,4,7H2,1-3H3,(H,14,15)(H,16,17)/t10-/m1/s1. The molecule has 0 radical (unpaired) electrons. The summed E-state index contributed by atoms with van der Waals surface area (Å²) >= 11 is 0. The Kier molecular flexibility index (Phi) is 4.95. The van der Waals surface area contributed by atoms with Crippen LogP contribution in [-0.4, -0.2) is 23.0 Å². The van der Waals surface area contributed by atoms with Gasteiger partial charge in [0.05, 0.1) is 0 Å². The molecule has 1 heterocycles. The van der Waals surface area contributed by atoms with Crippen LogP contribution in [0.2, 0.25) is 0 Å². The van der Waals surface area contributed by atoms with Crippen LogP contribution in [0.15, 0.2) is 16.5 Å². The molecule has 1 amide bonds. The van der Waals surface area contributed by atoms with Crippen molar-refractivity contribution >= 4 is 11.9 Å². The number of hydrogen-bond acceptors (Lipinski definition) is 3. The van der Waals surface area contributed by atoms with Gasteiger partial charge in [0.25, 0.3) is 5.91 Å². The number of hydrogen-bond donors (Lipinski definition) is 2. The minimum Gasteiger partial charge on any atom is -0.480 e. The largest absolute Gasteiger partial charge is 0.480 e. The second-order valence-electron chi connectivity index (χ2n) is 4.61. The molecule has 0 aliphatic carbocycles. The van der Waals surface area contributed by atoms with Crippen molar-refractivity contribution in [2.24, 2.45) is 5.92 Å². The van der Waals surface area contributed by atoms with Crippen LogP contribution in [0, 0.1) is 5.92 Å². The molecule has 0 aromatic carbocycles. The van der Waals surface area contributed by atoms with Crippen LogP contribution in [0.25, 0.3) is 0 Å². The zero-order valence-corrected chi connectivity index (χ0v) is 10.9. The summed E-state index contributed by atoms with van der Waals surface area (Å²) in [5.74, 6) is -0.464. The number of aliphatic carboxylic acids is 1. The van der Waals surface area contributed by atoms with Crippen molar-refractivity contribution < 1.29 is 19.1 Å². The average molecular weight is 253 g/mol. The highest BCUT2D eigenvalue weighted by Crippen LogP contribution is 2.10. The van der Waals surface area contributed by atoms with Gasteiger partial charge in [-0.25, -0.2) is 4.79 Å². The summed E-state index contributed by atoms with van der Waals surface area (Å²) in [5, 5.41) is 11.5. The van der Waals surface area contributed by atoms with Crippen molar-refractivity contribution in [2.75, 3.05) is 0 Å². The third kappa shape index (κ3) is 3.91. The van der Waals surface area contributed by atoms with Gasteiger partial charge in [-0.05, 0) is 24.5 Å². The van der Waals surface area contributed by atoms with E-state index in [1.54, 1.807) is 12.1 Å². The molecule has 1 rings (SSSR count). The lowest BCUT2D eigenvalue weighted by Crippen LogP contribution is -2.41. The number of furan rings is 1. The van der Waals surface area contributed by atoms with Crippen molar-refractivity contribution in [2.45, 2.75) is 39.7 Å². The van der Waals surface area contributed by atoms with E-state index in [2.05, 4.69) is 5.32 Å². The lowest BCUT2D eigenvalue weighted by Gasteiger charge is -2.15. The molecule has 0 spiro atoms. The molecule has 0 aliphatic rings. The zero-order chi connectivity index (χ0) is 13.7. The molecular weight excluding hydrogens is 234 g/mol. The van der Waals surface area contributed by atoms with Gasteiger partial charge in [0.2, 0.25) is 0 Å². The lowest BCUT2D eigenvalue weighted by atomic mass is 10.0. The number of nitrogens with one attached hydrogen (secondary N) is 1. The maximum atomic E-state index is 11.8. The molecule has 1 atom stereocenters. The first-order chi connectivity index (χ1) is 8.43. The van der Waals surface area contributed by atoms with Gasteiger partial charge in [-0.3, -0.25) is 4.79 Å². The maximum absolute atomic E-state index is 11.8. The van der Waals surface area contributed by atoms with E-state index in [1.807, 2.05) is 20.8 Å². The number of carboxylic acids is 1. The molecule has 0 saturated carbocycles. The summed E-state index contributed by atoms with van der Waals surface area (Å²) in [7, 11) is 0. The number of carbonyl (C=O) groups is 2. The fourth-order valence-corrected chi connectivity index (χ4v) is 1.61. The van der Waals surface area contributed by atoms with Gasteiger partial charge in [-0.15, -0.1) is 0 Å². The van der Waals surface area contributed by atoms with E-state index in [0.717, 1.165) is 0 Å². The summed E-state index contributed by atoms with van der Waals surface area (Å²) in [5.41, 5.74) is 0. The molecule has 0 aliphatic heterocycles. The van der Waals surface area contributed by atoms with E-state index in [9.17, 15) is 9.59 Å². The molecule has 2 N–H and O–H groups in total. The van der Waals surface area contributed by atoms with Crippen LogP contribution in [0.3, 0.4) is 0 Å². The third-order valence-electron chi connectivity index (χ3n) is 2.54. The molecule has 0 fully saturated rings. The Labute approximate surface area is 106 Å². The van der Waals surface area contributed by atoms with Gasteiger partial charge in [0.1, 0.15) is 11.8 Å². The number of amides is 1. The topological polar surface area (TPSA) is 79.5 Å². The summed E-state index contributed by atoms with van der Waals surface area (Å²) in [4.78, 5) is 22.8. The minimum atomic E-state index is -1.03. The van der Waals surface area contributed by atoms with E-state index in [4.69, 9.17) is 9.52 Å². The van der Waals surface area contributed by atoms with Crippen LogP contribution in [-0.2, 0) is 11.2 Å². The molecule has 1 aromatic rings. The Bertz CT molecular complexity index is 422. The summed E-state index contributed by atoms with van der Waals surface area (Å²) < 4.78 is 5.28.